The van der Waals surface area contributed by atoms with Gasteiger partial charge in [0.15, 0.2) is 0 Å². The maximum Gasteiger partial charge on any atom is 0.0931 e. The van der Waals surface area contributed by atoms with Crippen LogP contribution < -0.4 is 5.32 Å². The number of nitrogens with zero attached hydrogens (tertiary/aromatic N) is 1. The Labute approximate surface area is 106 Å². The van der Waals surface area contributed by atoms with Crippen LogP contribution in [0.3, 0.4) is 0 Å². The van der Waals surface area contributed by atoms with Crippen LogP contribution in [0.4, 0.5) is 0 Å². The molecule has 3 heteroatoms. The van der Waals surface area contributed by atoms with E-state index >= 15 is 0 Å². The summed E-state index contributed by atoms with van der Waals surface area (Å²) in [6.45, 7) is 1.76. The van der Waals surface area contributed by atoms with Crippen molar-refractivity contribution in [2.45, 2.75) is 13.1 Å². The number of hydrogen-bond acceptors (Lipinski definition) is 2. The standard InChI is InChI=1S/C15H15N3/c1-2-4-12(5-3-1)9-16-10-13-6-7-14-15(8-13)18-11-17-14/h1-8,11,16H,9-10H2,(H,17,18). The Morgan fingerprint density at radius 3 is 2.67 bits per heavy atom. The number of nitrogens with one attached hydrogen (secondary N) is 2. The van der Waals surface area contributed by atoms with E-state index in [2.05, 4.69) is 51.7 Å². The first-order valence-electron chi connectivity index (χ1n) is 6.08. The van der Waals surface area contributed by atoms with Crippen molar-refractivity contribution >= 4 is 11.0 Å². The monoisotopic (exact) mass is 237 g/mol. The molecule has 1 aromatic heterocycles. The Kier molecular flexibility index (Phi) is 3.07. The van der Waals surface area contributed by atoms with E-state index in [4.69, 9.17) is 0 Å². The topological polar surface area (TPSA) is 40.7 Å². The molecular formula is C15H15N3. The lowest BCUT2D eigenvalue weighted by atomic mass is 10.2. The molecule has 0 unspecified atom stereocenters. The second-order valence-corrected chi connectivity index (χ2v) is 4.34. The number of rotatable bonds is 4. The molecule has 0 bridgehead atoms. The van der Waals surface area contributed by atoms with Gasteiger partial charge in [-0.3, -0.25) is 0 Å². The van der Waals surface area contributed by atoms with Gasteiger partial charge in [-0.15, -0.1) is 0 Å². The van der Waals surface area contributed by atoms with Crippen molar-refractivity contribution in [3.63, 3.8) is 0 Å². The van der Waals surface area contributed by atoms with Gasteiger partial charge in [-0.1, -0.05) is 36.4 Å². The molecule has 2 N–H and O–H groups in total. The Bertz CT molecular complexity index is 628. The molecule has 0 saturated carbocycles. The molecule has 3 rings (SSSR count). The molecule has 0 aliphatic rings. The van der Waals surface area contributed by atoms with Gasteiger partial charge in [0.1, 0.15) is 0 Å². The first-order chi connectivity index (χ1) is 8.92. The summed E-state index contributed by atoms with van der Waals surface area (Å²) < 4.78 is 0. The Balaban J connectivity index is 1.62. The Hall–Kier alpha value is -2.13. The highest BCUT2D eigenvalue weighted by Crippen LogP contribution is 2.11. The number of imidazole rings is 1. The fraction of sp³-hybridized carbons (Fsp3) is 0.133. The van der Waals surface area contributed by atoms with Gasteiger partial charge in [0.2, 0.25) is 0 Å². The largest absolute Gasteiger partial charge is 0.345 e. The number of H-pyrrole nitrogens is 1. The quantitative estimate of drug-likeness (QED) is 0.732. The molecule has 18 heavy (non-hydrogen) atoms. The van der Waals surface area contributed by atoms with E-state index in [-0.39, 0.29) is 0 Å². The van der Waals surface area contributed by atoms with Gasteiger partial charge in [-0.25, -0.2) is 4.98 Å². The number of benzene rings is 2. The van der Waals surface area contributed by atoms with E-state index in [1.807, 2.05) is 12.1 Å². The van der Waals surface area contributed by atoms with Gasteiger partial charge in [0.25, 0.3) is 0 Å². The molecule has 0 atom stereocenters. The molecule has 0 fully saturated rings. The lowest BCUT2D eigenvalue weighted by Gasteiger charge is -2.05. The third kappa shape index (κ3) is 2.41. The van der Waals surface area contributed by atoms with Crippen molar-refractivity contribution < 1.29 is 0 Å². The molecular weight excluding hydrogens is 222 g/mol. The zero-order valence-electron chi connectivity index (χ0n) is 10.1. The van der Waals surface area contributed by atoms with E-state index in [0.717, 1.165) is 24.1 Å². The zero-order valence-corrected chi connectivity index (χ0v) is 10.1. The molecule has 0 amide bonds. The highest BCUT2D eigenvalue weighted by Gasteiger charge is 1.98. The van der Waals surface area contributed by atoms with E-state index in [9.17, 15) is 0 Å². The van der Waals surface area contributed by atoms with Gasteiger partial charge in [-0.05, 0) is 23.3 Å². The molecule has 90 valence electrons. The summed E-state index contributed by atoms with van der Waals surface area (Å²) in [6, 6.07) is 16.7. The Morgan fingerprint density at radius 2 is 1.78 bits per heavy atom. The second-order valence-electron chi connectivity index (χ2n) is 4.34. The lowest BCUT2D eigenvalue weighted by Crippen LogP contribution is -2.12. The maximum absolute atomic E-state index is 4.21. The average molecular weight is 237 g/mol. The van der Waals surface area contributed by atoms with Gasteiger partial charge < -0.3 is 10.3 Å². The van der Waals surface area contributed by atoms with Crippen LogP contribution in [-0.2, 0) is 13.1 Å². The summed E-state index contributed by atoms with van der Waals surface area (Å²) >= 11 is 0. The van der Waals surface area contributed by atoms with Gasteiger partial charge in [-0.2, -0.15) is 0 Å². The number of aromatic amines is 1. The zero-order chi connectivity index (χ0) is 12.2. The van der Waals surface area contributed by atoms with E-state index in [1.54, 1.807) is 6.33 Å². The first kappa shape index (κ1) is 11.0. The van der Waals surface area contributed by atoms with Crippen LogP contribution >= 0.6 is 0 Å². The highest BCUT2D eigenvalue weighted by atomic mass is 14.9. The molecule has 3 nitrogen and oxygen atoms in total. The van der Waals surface area contributed by atoms with Crippen LogP contribution in [0.5, 0.6) is 0 Å². The number of aromatic nitrogens is 2. The average Bonchev–Trinajstić information content (AvgIpc) is 2.87. The van der Waals surface area contributed by atoms with Crippen molar-refractivity contribution in [2.24, 2.45) is 0 Å². The summed E-state index contributed by atoms with van der Waals surface area (Å²) in [7, 11) is 0. The SMILES string of the molecule is c1ccc(CNCc2ccc3nc[nH]c3c2)cc1. The predicted molar refractivity (Wildman–Crippen MR) is 73.1 cm³/mol. The van der Waals surface area contributed by atoms with Crippen molar-refractivity contribution in [3.05, 3.63) is 66.0 Å². The highest BCUT2D eigenvalue weighted by molar-refractivity contribution is 5.74. The van der Waals surface area contributed by atoms with Gasteiger partial charge in [0, 0.05) is 13.1 Å². The molecule has 0 saturated heterocycles. The minimum atomic E-state index is 0.865. The Morgan fingerprint density at radius 1 is 0.944 bits per heavy atom. The van der Waals surface area contributed by atoms with Crippen LogP contribution in [-0.4, -0.2) is 9.97 Å². The van der Waals surface area contributed by atoms with Crippen molar-refractivity contribution in [1.82, 2.24) is 15.3 Å². The van der Waals surface area contributed by atoms with Gasteiger partial charge in [0.05, 0.1) is 17.4 Å². The van der Waals surface area contributed by atoms with Crippen molar-refractivity contribution in [3.8, 4) is 0 Å². The molecule has 2 aromatic carbocycles. The normalized spacial score (nSPS) is 10.9. The first-order valence-corrected chi connectivity index (χ1v) is 6.08. The predicted octanol–water partition coefficient (Wildman–Crippen LogP) is 2.85. The van der Waals surface area contributed by atoms with E-state index in [0.29, 0.717) is 0 Å². The van der Waals surface area contributed by atoms with Crippen LogP contribution in [0, 0.1) is 0 Å². The lowest BCUT2D eigenvalue weighted by molar-refractivity contribution is 0.694. The molecule has 0 spiro atoms. The summed E-state index contributed by atoms with van der Waals surface area (Å²) in [5, 5.41) is 3.44. The minimum absolute atomic E-state index is 0.865. The fourth-order valence-electron chi connectivity index (χ4n) is 2.04. The molecule has 1 heterocycles. The fourth-order valence-corrected chi connectivity index (χ4v) is 2.04. The van der Waals surface area contributed by atoms with Crippen molar-refractivity contribution in [1.29, 1.82) is 0 Å². The summed E-state index contributed by atoms with van der Waals surface area (Å²) in [6.07, 6.45) is 1.73. The van der Waals surface area contributed by atoms with Gasteiger partial charge >= 0.3 is 0 Å². The third-order valence-corrected chi connectivity index (χ3v) is 2.99. The number of hydrogen-bond donors (Lipinski definition) is 2. The van der Waals surface area contributed by atoms with E-state index < -0.39 is 0 Å². The third-order valence-electron chi connectivity index (χ3n) is 2.99. The van der Waals surface area contributed by atoms with Crippen LogP contribution in [0.1, 0.15) is 11.1 Å². The molecule has 0 radical (unpaired) electrons. The molecule has 0 aliphatic heterocycles. The van der Waals surface area contributed by atoms with Crippen LogP contribution in [0.25, 0.3) is 11.0 Å². The molecule has 3 aromatic rings. The van der Waals surface area contributed by atoms with Crippen molar-refractivity contribution in [2.75, 3.05) is 0 Å². The summed E-state index contributed by atoms with van der Waals surface area (Å²) in [5.41, 5.74) is 4.68. The smallest absolute Gasteiger partial charge is 0.0931 e. The minimum Gasteiger partial charge on any atom is -0.345 e. The van der Waals surface area contributed by atoms with Crippen LogP contribution in [0.15, 0.2) is 54.9 Å². The molecule has 0 aliphatic carbocycles. The maximum atomic E-state index is 4.21. The van der Waals surface area contributed by atoms with E-state index in [1.165, 1.54) is 11.1 Å². The summed E-state index contributed by atoms with van der Waals surface area (Å²) in [5.74, 6) is 0. The van der Waals surface area contributed by atoms with Crippen LogP contribution in [0.2, 0.25) is 0 Å². The number of fused-ring (bicyclic) bond motifs is 1. The summed E-state index contributed by atoms with van der Waals surface area (Å²) in [4.78, 5) is 7.34. The second kappa shape index (κ2) is 5.02.